The van der Waals surface area contributed by atoms with E-state index >= 15 is 0 Å². The van der Waals surface area contributed by atoms with E-state index in [4.69, 9.17) is 0 Å². The largest absolute Gasteiger partial charge is 0.507 e. The first-order chi connectivity index (χ1) is 13.1. The molecule has 6 nitrogen and oxygen atoms in total. The number of aryl methyl sites for hydroxylation is 1. The van der Waals surface area contributed by atoms with E-state index in [1.54, 1.807) is 42.9 Å². The molecule has 0 aliphatic heterocycles. The number of fused-ring (bicyclic) bond motifs is 1. The summed E-state index contributed by atoms with van der Waals surface area (Å²) in [7, 11) is 0. The van der Waals surface area contributed by atoms with E-state index in [0.717, 1.165) is 5.56 Å². The monoisotopic (exact) mass is 356 g/mol. The molecule has 6 heteroatoms. The van der Waals surface area contributed by atoms with Gasteiger partial charge in [-0.25, -0.2) is 9.97 Å². The van der Waals surface area contributed by atoms with Gasteiger partial charge in [-0.3, -0.25) is 14.3 Å². The van der Waals surface area contributed by atoms with Crippen LogP contribution in [-0.2, 0) is 0 Å². The normalized spacial score (nSPS) is 11.7. The van der Waals surface area contributed by atoms with Gasteiger partial charge in [0.2, 0.25) is 0 Å². The average molecular weight is 356 g/mol. The second-order valence-electron chi connectivity index (χ2n) is 6.04. The summed E-state index contributed by atoms with van der Waals surface area (Å²) < 4.78 is 1.50. The van der Waals surface area contributed by atoms with Crippen LogP contribution >= 0.6 is 0 Å². The standard InChI is InChI=1S/C21H16N4O2/c1-14-5-2-3-7-17(14)25-19(13-18(26)15-8-11-22-12-9-15)24-20-16(21(25)27)6-4-10-23-20/h2-13,26H,1H3/b18-13-. The highest BCUT2D eigenvalue weighted by atomic mass is 16.3. The Kier molecular flexibility index (Phi) is 4.22. The molecule has 0 saturated heterocycles. The molecule has 132 valence electrons. The predicted molar refractivity (Wildman–Crippen MR) is 105 cm³/mol. The predicted octanol–water partition coefficient (Wildman–Crippen LogP) is 3.54. The zero-order valence-electron chi connectivity index (χ0n) is 14.6. The van der Waals surface area contributed by atoms with Crippen molar-refractivity contribution in [1.82, 2.24) is 19.5 Å². The van der Waals surface area contributed by atoms with Crippen molar-refractivity contribution in [2.45, 2.75) is 6.92 Å². The van der Waals surface area contributed by atoms with Gasteiger partial charge in [-0.15, -0.1) is 0 Å². The van der Waals surface area contributed by atoms with Crippen molar-refractivity contribution in [3.05, 3.63) is 94.4 Å². The van der Waals surface area contributed by atoms with Gasteiger partial charge in [0.15, 0.2) is 5.65 Å². The lowest BCUT2D eigenvalue weighted by Crippen LogP contribution is -2.23. The highest BCUT2D eigenvalue weighted by Crippen LogP contribution is 2.19. The van der Waals surface area contributed by atoms with Crippen molar-refractivity contribution in [1.29, 1.82) is 0 Å². The van der Waals surface area contributed by atoms with Gasteiger partial charge < -0.3 is 5.11 Å². The third kappa shape index (κ3) is 3.08. The first-order valence-corrected chi connectivity index (χ1v) is 8.40. The summed E-state index contributed by atoms with van der Waals surface area (Å²) in [5.74, 6) is 0.289. The molecule has 0 unspecified atom stereocenters. The Morgan fingerprint density at radius 1 is 1.04 bits per heavy atom. The summed E-state index contributed by atoms with van der Waals surface area (Å²) in [4.78, 5) is 25.8. The third-order valence-electron chi connectivity index (χ3n) is 4.27. The molecule has 0 spiro atoms. The molecule has 0 aliphatic carbocycles. The molecule has 0 fully saturated rings. The van der Waals surface area contributed by atoms with Gasteiger partial charge in [-0.1, -0.05) is 18.2 Å². The van der Waals surface area contributed by atoms with E-state index in [9.17, 15) is 9.90 Å². The maximum Gasteiger partial charge on any atom is 0.267 e. The molecule has 1 aromatic carbocycles. The van der Waals surface area contributed by atoms with Crippen molar-refractivity contribution in [2.24, 2.45) is 0 Å². The molecular weight excluding hydrogens is 340 g/mol. The number of para-hydroxylation sites is 1. The van der Waals surface area contributed by atoms with Crippen molar-refractivity contribution >= 4 is 22.9 Å². The molecule has 3 heterocycles. The van der Waals surface area contributed by atoms with E-state index in [1.807, 2.05) is 31.2 Å². The fourth-order valence-electron chi connectivity index (χ4n) is 2.91. The van der Waals surface area contributed by atoms with Crippen LogP contribution in [0.4, 0.5) is 0 Å². The Balaban J connectivity index is 2.03. The van der Waals surface area contributed by atoms with Crippen LogP contribution in [0.2, 0.25) is 0 Å². The van der Waals surface area contributed by atoms with Crippen LogP contribution in [0.15, 0.2) is 71.9 Å². The summed E-state index contributed by atoms with van der Waals surface area (Å²) in [6.45, 7) is 1.92. The van der Waals surface area contributed by atoms with Crippen molar-refractivity contribution < 1.29 is 5.11 Å². The van der Waals surface area contributed by atoms with Gasteiger partial charge in [0.1, 0.15) is 11.6 Å². The van der Waals surface area contributed by atoms with E-state index < -0.39 is 0 Å². The fourth-order valence-corrected chi connectivity index (χ4v) is 2.91. The minimum Gasteiger partial charge on any atom is -0.507 e. The van der Waals surface area contributed by atoms with Gasteiger partial charge in [-0.05, 0) is 42.8 Å². The van der Waals surface area contributed by atoms with Crippen LogP contribution in [-0.4, -0.2) is 24.6 Å². The third-order valence-corrected chi connectivity index (χ3v) is 4.27. The summed E-state index contributed by atoms with van der Waals surface area (Å²) in [5, 5.41) is 11.0. The number of pyridine rings is 2. The number of aromatic nitrogens is 4. The average Bonchev–Trinajstić information content (AvgIpc) is 2.70. The fraction of sp³-hybridized carbons (Fsp3) is 0.0476. The molecule has 0 aliphatic rings. The summed E-state index contributed by atoms with van der Waals surface area (Å²) >= 11 is 0. The first-order valence-electron chi connectivity index (χ1n) is 8.40. The molecule has 0 saturated carbocycles. The minimum absolute atomic E-state index is 0.0121. The lowest BCUT2D eigenvalue weighted by atomic mass is 10.1. The highest BCUT2D eigenvalue weighted by Gasteiger charge is 2.14. The summed E-state index contributed by atoms with van der Waals surface area (Å²) in [6, 6.07) is 14.3. The van der Waals surface area contributed by atoms with Gasteiger partial charge >= 0.3 is 0 Å². The van der Waals surface area contributed by atoms with Crippen molar-refractivity contribution in [2.75, 3.05) is 0 Å². The van der Waals surface area contributed by atoms with Gasteiger partial charge in [0, 0.05) is 30.2 Å². The molecule has 1 N–H and O–H groups in total. The van der Waals surface area contributed by atoms with E-state index in [0.29, 0.717) is 28.1 Å². The molecule has 0 amide bonds. The zero-order valence-corrected chi connectivity index (χ0v) is 14.6. The van der Waals surface area contributed by atoms with Crippen LogP contribution in [0.5, 0.6) is 0 Å². The van der Waals surface area contributed by atoms with E-state index in [2.05, 4.69) is 15.0 Å². The quantitative estimate of drug-likeness (QED) is 0.568. The van der Waals surface area contributed by atoms with Crippen LogP contribution in [0.3, 0.4) is 0 Å². The van der Waals surface area contributed by atoms with E-state index in [1.165, 1.54) is 10.6 Å². The molecule has 4 aromatic rings. The number of aliphatic hydroxyl groups is 1. The minimum atomic E-state index is -0.240. The van der Waals surface area contributed by atoms with Crippen LogP contribution in [0, 0.1) is 6.92 Å². The topological polar surface area (TPSA) is 80.9 Å². The Hall–Kier alpha value is -3.80. The Bertz CT molecular complexity index is 1210. The van der Waals surface area contributed by atoms with Crippen LogP contribution in [0.1, 0.15) is 17.0 Å². The molecule has 27 heavy (non-hydrogen) atoms. The molecule has 3 aromatic heterocycles. The lowest BCUT2D eigenvalue weighted by molar-refractivity contribution is 0.515. The molecular formula is C21H16N4O2. The first kappa shape index (κ1) is 16.7. The van der Waals surface area contributed by atoms with Crippen molar-refractivity contribution in [3.8, 4) is 5.69 Å². The molecule has 0 radical (unpaired) electrons. The van der Waals surface area contributed by atoms with E-state index in [-0.39, 0.29) is 11.3 Å². The Morgan fingerprint density at radius 3 is 2.59 bits per heavy atom. The molecule has 0 atom stereocenters. The van der Waals surface area contributed by atoms with Gasteiger partial charge in [0.25, 0.3) is 5.56 Å². The van der Waals surface area contributed by atoms with Crippen LogP contribution < -0.4 is 5.56 Å². The maximum absolute atomic E-state index is 13.2. The van der Waals surface area contributed by atoms with Crippen molar-refractivity contribution in [3.63, 3.8) is 0 Å². The highest BCUT2D eigenvalue weighted by molar-refractivity contribution is 5.79. The summed E-state index contributed by atoms with van der Waals surface area (Å²) in [6.07, 6.45) is 6.23. The second kappa shape index (κ2) is 6.84. The maximum atomic E-state index is 13.2. The molecule has 4 rings (SSSR count). The lowest BCUT2D eigenvalue weighted by Gasteiger charge is -2.13. The number of nitrogens with zero attached hydrogens (tertiary/aromatic N) is 4. The smallest absolute Gasteiger partial charge is 0.267 e. The second-order valence-corrected chi connectivity index (χ2v) is 6.04. The number of aliphatic hydroxyl groups excluding tert-OH is 1. The van der Waals surface area contributed by atoms with Crippen LogP contribution in [0.25, 0.3) is 28.6 Å². The Morgan fingerprint density at radius 2 is 1.81 bits per heavy atom. The van der Waals surface area contributed by atoms with Gasteiger partial charge in [-0.2, -0.15) is 0 Å². The molecule has 0 bridgehead atoms. The number of benzene rings is 1. The zero-order chi connectivity index (χ0) is 18.8. The SMILES string of the molecule is Cc1ccccc1-n1c(/C=C(\O)c2ccncc2)nc2ncccc2c1=O. The summed E-state index contributed by atoms with van der Waals surface area (Å²) in [5.41, 5.74) is 2.30. The Labute approximate surface area is 155 Å². The van der Waals surface area contributed by atoms with Gasteiger partial charge in [0.05, 0.1) is 11.1 Å². The number of hydrogen-bond donors (Lipinski definition) is 1. The number of hydrogen-bond acceptors (Lipinski definition) is 5. The number of rotatable bonds is 3.